The lowest BCUT2D eigenvalue weighted by molar-refractivity contribution is -0.128. The molecule has 132 valence electrons. The summed E-state index contributed by atoms with van der Waals surface area (Å²) in [6, 6.07) is 11.3. The van der Waals surface area contributed by atoms with Gasteiger partial charge in [0.15, 0.2) is 0 Å². The minimum atomic E-state index is -0.471. The van der Waals surface area contributed by atoms with E-state index in [0.29, 0.717) is 5.75 Å². The summed E-state index contributed by atoms with van der Waals surface area (Å²) in [4.78, 5) is 11.3. The number of esters is 1. The Balaban J connectivity index is 2.14. The van der Waals surface area contributed by atoms with Gasteiger partial charge in [0, 0.05) is 11.7 Å². The van der Waals surface area contributed by atoms with Crippen molar-refractivity contribution in [2.45, 2.75) is 45.4 Å². The van der Waals surface area contributed by atoms with Crippen LogP contribution in [0.5, 0.6) is 11.5 Å². The van der Waals surface area contributed by atoms with E-state index in [0.717, 1.165) is 22.6 Å². The van der Waals surface area contributed by atoms with Crippen LogP contribution >= 0.6 is 0 Å². The zero-order valence-corrected chi connectivity index (χ0v) is 16.4. The van der Waals surface area contributed by atoms with E-state index >= 15 is 0 Å². The summed E-state index contributed by atoms with van der Waals surface area (Å²) in [5, 5.41) is 1.56. The minimum Gasteiger partial charge on any atom is -0.489 e. The zero-order valence-electron chi connectivity index (χ0n) is 15.4. The van der Waals surface area contributed by atoms with Gasteiger partial charge in [-0.05, 0) is 69.7 Å². The summed E-state index contributed by atoms with van der Waals surface area (Å²) >= 11 is 0. The molecule has 0 aliphatic carbocycles. The van der Waals surface area contributed by atoms with Gasteiger partial charge in [-0.15, -0.1) is 0 Å². The number of hydrogen-bond acceptors (Lipinski definition) is 4. The number of carbonyl (C=O) groups excluding carboxylic acids is 1. The Hall–Kier alpha value is -2.11. The largest absolute Gasteiger partial charge is 0.489 e. The van der Waals surface area contributed by atoms with Gasteiger partial charge in [0.2, 0.25) is 0 Å². The van der Waals surface area contributed by atoms with Crippen LogP contribution in [-0.4, -0.2) is 26.6 Å². The van der Waals surface area contributed by atoms with Crippen molar-refractivity contribution < 1.29 is 18.7 Å². The van der Waals surface area contributed by atoms with Gasteiger partial charge in [-0.1, -0.05) is 18.7 Å². The van der Waals surface area contributed by atoms with Crippen LogP contribution < -0.4 is 9.47 Å². The van der Waals surface area contributed by atoms with Crippen molar-refractivity contribution in [1.82, 2.24) is 0 Å². The molecule has 0 aliphatic rings. The van der Waals surface area contributed by atoms with Crippen molar-refractivity contribution in [2.24, 2.45) is 0 Å². The van der Waals surface area contributed by atoms with E-state index in [2.05, 4.69) is 6.58 Å². The van der Waals surface area contributed by atoms with Crippen LogP contribution in [0.3, 0.4) is 0 Å². The van der Waals surface area contributed by atoms with Gasteiger partial charge in [-0.3, -0.25) is 0 Å². The molecule has 25 heavy (non-hydrogen) atoms. The van der Waals surface area contributed by atoms with Gasteiger partial charge >= 0.3 is 5.97 Å². The first-order valence-electron chi connectivity index (χ1n) is 8.10. The van der Waals surface area contributed by atoms with Crippen molar-refractivity contribution in [3.8, 4) is 11.5 Å². The molecule has 5 heteroatoms. The normalized spacial score (nSPS) is 12.0. The molecule has 0 unspecified atom stereocenters. The number of benzene rings is 2. The van der Waals surface area contributed by atoms with Crippen LogP contribution in [0.1, 0.15) is 34.6 Å². The SMILES string of the molecule is C=CC(=O)Oc1ccc2cc(OC(C)(C)[Si]OC(C)(C)C)ccc2c1. The van der Waals surface area contributed by atoms with Crippen LogP contribution in [0.25, 0.3) is 10.8 Å². The summed E-state index contributed by atoms with van der Waals surface area (Å²) in [7, 11) is 0.219. The fraction of sp³-hybridized carbons (Fsp3) is 0.350. The van der Waals surface area contributed by atoms with Gasteiger partial charge < -0.3 is 13.9 Å². The summed E-state index contributed by atoms with van der Waals surface area (Å²) in [5.41, 5.74) is -0.193. The Bertz CT molecular complexity index is 775. The summed E-state index contributed by atoms with van der Waals surface area (Å²) in [6.07, 6.45) is 1.14. The quantitative estimate of drug-likeness (QED) is 0.331. The number of rotatable bonds is 6. The molecule has 2 radical (unpaired) electrons. The molecule has 0 aliphatic heterocycles. The van der Waals surface area contributed by atoms with Crippen molar-refractivity contribution in [2.75, 3.05) is 0 Å². The molecule has 0 saturated heterocycles. The lowest BCUT2D eigenvalue weighted by atomic mass is 10.1. The monoisotopic (exact) mass is 356 g/mol. The van der Waals surface area contributed by atoms with Gasteiger partial charge in [-0.25, -0.2) is 4.79 Å². The second-order valence-electron chi connectivity index (χ2n) is 7.22. The first-order chi connectivity index (χ1) is 11.6. The highest BCUT2D eigenvalue weighted by molar-refractivity contribution is 6.31. The number of hydrogen-bond donors (Lipinski definition) is 0. The van der Waals surface area contributed by atoms with E-state index in [9.17, 15) is 4.79 Å². The molecule has 4 nitrogen and oxygen atoms in total. The zero-order chi connectivity index (χ0) is 18.7. The van der Waals surface area contributed by atoms with Gasteiger partial charge in [-0.2, -0.15) is 0 Å². The van der Waals surface area contributed by atoms with Crippen molar-refractivity contribution in [1.29, 1.82) is 0 Å². The second kappa shape index (κ2) is 7.41. The third-order valence-corrected chi connectivity index (χ3v) is 4.45. The molecule has 0 spiro atoms. The number of carbonyl (C=O) groups is 1. The Morgan fingerprint density at radius 2 is 1.56 bits per heavy atom. The average Bonchev–Trinajstić information content (AvgIpc) is 2.52. The van der Waals surface area contributed by atoms with Gasteiger partial charge in [0.05, 0.1) is 0 Å². The molecule has 2 rings (SSSR count). The van der Waals surface area contributed by atoms with Crippen molar-refractivity contribution in [3.05, 3.63) is 49.1 Å². The smallest absolute Gasteiger partial charge is 0.335 e. The molecule has 0 atom stereocenters. The molecule has 0 amide bonds. The van der Waals surface area contributed by atoms with Crippen LogP contribution in [0.2, 0.25) is 0 Å². The molecule has 0 bridgehead atoms. The third kappa shape index (κ3) is 6.03. The molecular formula is C20H24O4Si. The highest BCUT2D eigenvalue weighted by Crippen LogP contribution is 2.27. The van der Waals surface area contributed by atoms with Crippen LogP contribution in [-0.2, 0) is 9.22 Å². The standard InChI is InChI=1S/C20H24O4Si/c1-7-18(21)22-16-10-8-15-13-17(11-9-14(15)12-16)23-20(5,6)25-24-19(2,3)4/h7-13H,1H2,2-6H3. The Kier molecular flexibility index (Phi) is 5.70. The molecule has 2 aromatic rings. The van der Waals surface area contributed by atoms with E-state index in [1.165, 1.54) is 0 Å². The topological polar surface area (TPSA) is 44.8 Å². The fourth-order valence-corrected chi connectivity index (χ4v) is 2.79. The first kappa shape index (κ1) is 19.2. The fourth-order valence-electron chi connectivity index (χ4n) is 2.08. The van der Waals surface area contributed by atoms with E-state index in [4.69, 9.17) is 13.9 Å². The number of fused-ring (bicyclic) bond motifs is 1. The maximum Gasteiger partial charge on any atom is 0.335 e. The van der Waals surface area contributed by atoms with Crippen LogP contribution in [0.15, 0.2) is 49.1 Å². The molecule has 0 heterocycles. The molecule has 0 saturated carbocycles. The molecule has 0 aromatic heterocycles. The highest BCUT2D eigenvalue weighted by Gasteiger charge is 2.26. The van der Waals surface area contributed by atoms with Gasteiger partial charge in [0.1, 0.15) is 16.7 Å². The summed E-state index contributed by atoms with van der Waals surface area (Å²) < 4.78 is 17.1. The summed E-state index contributed by atoms with van der Waals surface area (Å²) in [6.45, 7) is 13.5. The highest BCUT2D eigenvalue weighted by atomic mass is 28.2. The van der Waals surface area contributed by atoms with Crippen molar-refractivity contribution >= 4 is 26.5 Å². The second-order valence-corrected chi connectivity index (χ2v) is 8.84. The van der Waals surface area contributed by atoms with E-state index in [1.54, 1.807) is 6.07 Å². The van der Waals surface area contributed by atoms with E-state index in [-0.39, 0.29) is 15.4 Å². The predicted molar refractivity (Wildman–Crippen MR) is 101 cm³/mol. The lowest BCUT2D eigenvalue weighted by Gasteiger charge is -2.29. The Morgan fingerprint density at radius 3 is 2.12 bits per heavy atom. The minimum absolute atomic E-state index is 0.193. The van der Waals surface area contributed by atoms with E-state index in [1.807, 2.05) is 65.0 Å². The Morgan fingerprint density at radius 1 is 1.00 bits per heavy atom. The number of ether oxygens (including phenoxy) is 2. The van der Waals surface area contributed by atoms with Crippen molar-refractivity contribution in [3.63, 3.8) is 0 Å². The molecule has 0 fully saturated rings. The third-order valence-electron chi connectivity index (χ3n) is 3.14. The van der Waals surface area contributed by atoms with E-state index < -0.39 is 11.2 Å². The molecule has 0 N–H and O–H groups in total. The molecule has 2 aromatic carbocycles. The maximum absolute atomic E-state index is 11.3. The van der Waals surface area contributed by atoms with Crippen LogP contribution in [0.4, 0.5) is 0 Å². The first-order valence-corrected chi connectivity index (χ1v) is 9.01. The van der Waals surface area contributed by atoms with Crippen LogP contribution in [0, 0.1) is 0 Å². The Labute approximate surface area is 151 Å². The molecular weight excluding hydrogens is 332 g/mol. The maximum atomic E-state index is 11.3. The summed E-state index contributed by atoms with van der Waals surface area (Å²) in [5.74, 6) is 0.797. The average molecular weight is 356 g/mol. The predicted octanol–water partition coefficient (Wildman–Crippen LogP) is 4.48. The lowest BCUT2D eigenvalue weighted by Crippen LogP contribution is -2.40. The van der Waals surface area contributed by atoms with Gasteiger partial charge in [0.25, 0.3) is 9.76 Å².